The van der Waals surface area contributed by atoms with Crippen LogP contribution < -0.4 is 10.6 Å². The van der Waals surface area contributed by atoms with Crippen LogP contribution in [0.2, 0.25) is 0 Å². The predicted molar refractivity (Wildman–Crippen MR) is 118 cm³/mol. The molecule has 0 unspecified atom stereocenters. The highest BCUT2D eigenvalue weighted by Gasteiger charge is 2.21. The van der Waals surface area contributed by atoms with Crippen LogP contribution in [0.4, 0.5) is 4.39 Å². The lowest BCUT2D eigenvalue weighted by Crippen LogP contribution is -2.41. The number of carbonyl (C=O) groups is 1. The second kappa shape index (κ2) is 8.91. The van der Waals surface area contributed by atoms with Gasteiger partial charge in [0.05, 0.1) is 34.8 Å². The Morgan fingerprint density at radius 1 is 1.16 bits per heavy atom. The fraction of sp³-hybridized carbons (Fsp3) is 0.273. The molecule has 31 heavy (non-hydrogen) atoms. The summed E-state index contributed by atoms with van der Waals surface area (Å²) in [4.78, 5) is 28.6. The summed E-state index contributed by atoms with van der Waals surface area (Å²) in [7, 11) is 0. The van der Waals surface area contributed by atoms with Crippen molar-refractivity contribution in [2.24, 2.45) is 0 Å². The molecule has 0 atom stereocenters. The van der Waals surface area contributed by atoms with E-state index in [2.05, 4.69) is 44.4 Å². The molecule has 160 valence electrons. The summed E-state index contributed by atoms with van der Waals surface area (Å²) in [5.74, 6) is 0.0786. The lowest BCUT2D eigenvalue weighted by Gasteiger charge is -2.24. The van der Waals surface area contributed by atoms with Gasteiger partial charge in [0.25, 0.3) is 5.91 Å². The first-order chi connectivity index (χ1) is 14.9. The summed E-state index contributed by atoms with van der Waals surface area (Å²) < 4.78 is 13.6. The van der Waals surface area contributed by atoms with Gasteiger partial charge in [0.1, 0.15) is 17.3 Å². The number of para-hydroxylation sites is 2. The summed E-state index contributed by atoms with van der Waals surface area (Å²) >= 11 is 1.43. The third-order valence-corrected chi connectivity index (χ3v) is 5.65. The van der Waals surface area contributed by atoms with E-state index in [0.717, 1.165) is 21.9 Å². The smallest absolute Gasteiger partial charge is 0.271 e. The number of rotatable bonds is 8. The van der Waals surface area contributed by atoms with Gasteiger partial charge in [0.2, 0.25) is 0 Å². The van der Waals surface area contributed by atoms with Crippen molar-refractivity contribution in [1.82, 2.24) is 30.6 Å². The highest BCUT2D eigenvalue weighted by Crippen LogP contribution is 2.18. The number of carbonyl (C=O) groups excluding carboxylic acids is 1. The van der Waals surface area contributed by atoms with E-state index in [0.29, 0.717) is 18.7 Å². The number of aromatic amines is 1. The van der Waals surface area contributed by atoms with Crippen molar-refractivity contribution in [3.05, 3.63) is 76.0 Å². The summed E-state index contributed by atoms with van der Waals surface area (Å²) in [5.41, 5.74) is 2.23. The summed E-state index contributed by atoms with van der Waals surface area (Å²) in [6.45, 7) is 4.78. The quantitative estimate of drug-likeness (QED) is 0.391. The number of imidazole rings is 1. The molecule has 0 saturated heterocycles. The number of fused-ring (bicyclic) bond motifs is 1. The minimum absolute atomic E-state index is 0.0168. The number of nitrogens with zero attached hydrogens (tertiary/aromatic N) is 3. The molecule has 1 aromatic carbocycles. The van der Waals surface area contributed by atoms with Gasteiger partial charge in [0, 0.05) is 23.5 Å². The minimum Gasteiger partial charge on any atom is -0.345 e. The van der Waals surface area contributed by atoms with Crippen molar-refractivity contribution in [3.8, 4) is 0 Å². The molecule has 9 heteroatoms. The highest BCUT2D eigenvalue weighted by molar-refractivity contribution is 7.09. The number of pyridine rings is 1. The van der Waals surface area contributed by atoms with E-state index in [1.807, 2.05) is 24.3 Å². The fourth-order valence-corrected chi connectivity index (χ4v) is 4.15. The largest absolute Gasteiger partial charge is 0.345 e. The van der Waals surface area contributed by atoms with Gasteiger partial charge in [-0.1, -0.05) is 12.1 Å². The Morgan fingerprint density at radius 3 is 2.81 bits per heavy atom. The zero-order chi connectivity index (χ0) is 21.8. The number of thiazole rings is 1. The van der Waals surface area contributed by atoms with Gasteiger partial charge in [-0.2, -0.15) is 0 Å². The summed E-state index contributed by atoms with van der Waals surface area (Å²) in [6, 6.07) is 10.7. The summed E-state index contributed by atoms with van der Waals surface area (Å²) in [5, 5.41) is 8.73. The standard InChI is InChI=1S/C22H23FN6OS/c1-22(2,26-12-19-27-15-7-3-4-8-16(15)28-19)10-20-29-18(13-31-20)21(30)25-11-17-14(23)6-5-9-24-17/h3-9,13,26H,10-12H2,1-2H3,(H,25,30)(H,27,28). The van der Waals surface area contributed by atoms with Crippen LogP contribution in [0.15, 0.2) is 48.0 Å². The average Bonchev–Trinajstić information content (AvgIpc) is 3.38. The van der Waals surface area contributed by atoms with Gasteiger partial charge in [-0.05, 0) is 38.1 Å². The van der Waals surface area contributed by atoms with Crippen molar-refractivity contribution >= 4 is 28.3 Å². The van der Waals surface area contributed by atoms with E-state index >= 15 is 0 Å². The van der Waals surface area contributed by atoms with Crippen LogP contribution in [0.5, 0.6) is 0 Å². The third kappa shape index (κ3) is 5.31. The van der Waals surface area contributed by atoms with Gasteiger partial charge in [-0.15, -0.1) is 11.3 Å². The van der Waals surface area contributed by atoms with Crippen molar-refractivity contribution in [2.45, 2.75) is 38.9 Å². The molecule has 3 aromatic heterocycles. The fourth-order valence-electron chi connectivity index (χ4n) is 3.15. The molecule has 3 heterocycles. The normalized spacial score (nSPS) is 11.7. The van der Waals surface area contributed by atoms with E-state index in [1.54, 1.807) is 5.38 Å². The Kier molecular flexibility index (Phi) is 6.06. The Morgan fingerprint density at radius 2 is 2.00 bits per heavy atom. The number of nitrogens with one attached hydrogen (secondary N) is 3. The van der Waals surface area contributed by atoms with E-state index in [4.69, 9.17) is 0 Å². The first-order valence-electron chi connectivity index (χ1n) is 9.90. The molecule has 0 aliphatic carbocycles. The zero-order valence-electron chi connectivity index (χ0n) is 17.3. The van der Waals surface area contributed by atoms with Crippen LogP contribution in [-0.4, -0.2) is 31.4 Å². The molecule has 0 aliphatic heterocycles. The van der Waals surface area contributed by atoms with E-state index in [-0.39, 0.29) is 23.7 Å². The van der Waals surface area contributed by atoms with E-state index in [9.17, 15) is 9.18 Å². The van der Waals surface area contributed by atoms with Crippen LogP contribution in [0, 0.1) is 5.82 Å². The number of halogens is 1. The first kappa shape index (κ1) is 21.1. The molecule has 7 nitrogen and oxygen atoms in total. The van der Waals surface area contributed by atoms with Crippen LogP contribution >= 0.6 is 11.3 Å². The Labute approximate surface area is 183 Å². The van der Waals surface area contributed by atoms with Gasteiger partial charge >= 0.3 is 0 Å². The Bertz CT molecular complexity index is 1170. The number of amides is 1. The van der Waals surface area contributed by atoms with E-state index in [1.165, 1.54) is 29.7 Å². The van der Waals surface area contributed by atoms with Crippen molar-refractivity contribution in [1.29, 1.82) is 0 Å². The van der Waals surface area contributed by atoms with Gasteiger partial charge < -0.3 is 15.6 Å². The molecular weight excluding hydrogens is 415 g/mol. The van der Waals surface area contributed by atoms with Gasteiger partial charge in [0.15, 0.2) is 0 Å². The maximum atomic E-state index is 13.6. The molecule has 4 rings (SSSR count). The molecular formula is C22H23FN6OS. The molecule has 1 amide bonds. The molecule has 0 fully saturated rings. The predicted octanol–water partition coefficient (Wildman–Crippen LogP) is 3.59. The highest BCUT2D eigenvalue weighted by atomic mass is 32.1. The zero-order valence-corrected chi connectivity index (χ0v) is 18.1. The van der Waals surface area contributed by atoms with Gasteiger partial charge in [-0.3, -0.25) is 9.78 Å². The molecule has 3 N–H and O–H groups in total. The number of hydrogen-bond donors (Lipinski definition) is 3. The first-order valence-corrected chi connectivity index (χ1v) is 10.8. The molecule has 0 saturated carbocycles. The maximum Gasteiger partial charge on any atom is 0.271 e. The number of H-pyrrole nitrogens is 1. The lowest BCUT2D eigenvalue weighted by molar-refractivity contribution is 0.0945. The summed E-state index contributed by atoms with van der Waals surface area (Å²) in [6.07, 6.45) is 2.14. The molecule has 0 bridgehead atoms. The van der Waals surface area contributed by atoms with Gasteiger partial charge in [-0.25, -0.2) is 14.4 Å². The number of aromatic nitrogens is 4. The maximum absolute atomic E-state index is 13.6. The Hall–Kier alpha value is -3.17. The average molecular weight is 439 g/mol. The van der Waals surface area contributed by atoms with E-state index < -0.39 is 5.82 Å². The number of hydrogen-bond acceptors (Lipinski definition) is 6. The second-order valence-electron chi connectivity index (χ2n) is 7.86. The van der Waals surface area contributed by atoms with Crippen LogP contribution in [0.3, 0.4) is 0 Å². The lowest BCUT2D eigenvalue weighted by atomic mass is 10.0. The van der Waals surface area contributed by atoms with Crippen molar-refractivity contribution in [2.75, 3.05) is 0 Å². The topological polar surface area (TPSA) is 95.6 Å². The van der Waals surface area contributed by atoms with Crippen LogP contribution in [-0.2, 0) is 19.5 Å². The Balaban J connectivity index is 1.32. The molecule has 4 aromatic rings. The monoisotopic (exact) mass is 438 g/mol. The number of benzene rings is 1. The minimum atomic E-state index is -0.445. The SMILES string of the molecule is CC(C)(Cc1nc(C(=O)NCc2ncccc2F)cs1)NCc1nc2ccccc2[nH]1. The van der Waals surface area contributed by atoms with Crippen LogP contribution in [0.1, 0.15) is 40.9 Å². The molecule has 0 radical (unpaired) electrons. The van der Waals surface area contributed by atoms with Crippen molar-refractivity contribution in [3.63, 3.8) is 0 Å². The van der Waals surface area contributed by atoms with Crippen molar-refractivity contribution < 1.29 is 9.18 Å². The van der Waals surface area contributed by atoms with Crippen LogP contribution in [0.25, 0.3) is 11.0 Å². The molecule has 0 aliphatic rings. The third-order valence-electron chi connectivity index (χ3n) is 4.80. The second-order valence-corrected chi connectivity index (χ2v) is 8.80. The molecule has 0 spiro atoms.